The number of halogens is 1. The van der Waals surface area contributed by atoms with Crippen LogP contribution >= 0.6 is 0 Å². The first-order chi connectivity index (χ1) is 8.72. The van der Waals surface area contributed by atoms with Crippen molar-refractivity contribution >= 4 is 5.69 Å². The predicted molar refractivity (Wildman–Crippen MR) is 67.9 cm³/mol. The SMILES string of the molecule is COCC1CCN(c2cc(F)cc(C#N)c2)CC1. The quantitative estimate of drug-likeness (QED) is 0.824. The van der Waals surface area contributed by atoms with E-state index in [9.17, 15) is 4.39 Å². The van der Waals surface area contributed by atoms with Gasteiger partial charge in [-0.15, -0.1) is 0 Å². The molecule has 0 bridgehead atoms. The van der Waals surface area contributed by atoms with Gasteiger partial charge in [-0.25, -0.2) is 4.39 Å². The molecule has 96 valence electrons. The fourth-order valence-corrected chi connectivity index (χ4v) is 2.41. The topological polar surface area (TPSA) is 36.3 Å². The molecule has 1 aliphatic heterocycles. The molecule has 2 rings (SSSR count). The van der Waals surface area contributed by atoms with E-state index in [1.54, 1.807) is 13.2 Å². The van der Waals surface area contributed by atoms with Crippen LogP contribution < -0.4 is 4.90 Å². The van der Waals surface area contributed by atoms with E-state index in [1.165, 1.54) is 12.1 Å². The molecule has 1 aliphatic rings. The van der Waals surface area contributed by atoms with Gasteiger partial charge in [0.2, 0.25) is 0 Å². The molecule has 0 unspecified atom stereocenters. The molecule has 1 aromatic carbocycles. The summed E-state index contributed by atoms with van der Waals surface area (Å²) < 4.78 is 18.5. The van der Waals surface area contributed by atoms with E-state index in [2.05, 4.69) is 4.90 Å². The highest BCUT2D eigenvalue weighted by atomic mass is 19.1. The number of hydrogen-bond donors (Lipinski definition) is 0. The van der Waals surface area contributed by atoms with Gasteiger partial charge in [0, 0.05) is 32.5 Å². The number of nitrogens with zero attached hydrogens (tertiary/aromatic N) is 2. The zero-order chi connectivity index (χ0) is 13.0. The molecule has 3 nitrogen and oxygen atoms in total. The Hall–Kier alpha value is -1.60. The molecule has 0 spiro atoms. The minimum Gasteiger partial charge on any atom is -0.384 e. The van der Waals surface area contributed by atoms with Gasteiger partial charge in [0.05, 0.1) is 11.6 Å². The van der Waals surface area contributed by atoms with Crippen molar-refractivity contribution in [2.45, 2.75) is 12.8 Å². The van der Waals surface area contributed by atoms with E-state index in [4.69, 9.17) is 10.00 Å². The molecular formula is C14H17FN2O. The first kappa shape index (κ1) is 12.8. The number of rotatable bonds is 3. The fourth-order valence-electron chi connectivity index (χ4n) is 2.41. The van der Waals surface area contributed by atoms with Gasteiger partial charge in [0.1, 0.15) is 5.82 Å². The second kappa shape index (κ2) is 5.83. The third-order valence-electron chi connectivity index (χ3n) is 3.39. The monoisotopic (exact) mass is 248 g/mol. The second-order valence-electron chi connectivity index (χ2n) is 4.70. The van der Waals surface area contributed by atoms with Crippen LogP contribution in [0, 0.1) is 23.1 Å². The number of nitriles is 1. The molecule has 1 heterocycles. The summed E-state index contributed by atoms with van der Waals surface area (Å²) >= 11 is 0. The van der Waals surface area contributed by atoms with Crippen LogP contribution in [0.3, 0.4) is 0 Å². The Balaban J connectivity index is 2.05. The highest BCUT2D eigenvalue weighted by molar-refractivity contribution is 5.52. The number of anilines is 1. The van der Waals surface area contributed by atoms with Crippen LogP contribution in [0.25, 0.3) is 0 Å². The van der Waals surface area contributed by atoms with Crippen molar-refractivity contribution in [3.8, 4) is 6.07 Å². The molecule has 0 radical (unpaired) electrons. The smallest absolute Gasteiger partial charge is 0.126 e. The number of methoxy groups -OCH3 is 1. The van der Waals surface area contributed by atoms with Crippen molar-refractivity contribution < 1.29 is 9.13 Å². The molecule has 0 saturated carbocycles. The zero-order valence-corrected chi connectivity index (χ0v) is 10.5. The predicted octanol–water partition coefficient (Wildman–Crippen LogP) is 2.56. The van der Waals surface area contributed by atoms with Crippen LogP contribution in [0.2, 0.25) is 0 Å². The Kier molecular flexibility index (Phi) is 4.16. The van der Waals surface area contributed by atoms with Gasteiger partial charge < -0.3 is 9.64 Å². The lowest BCUT2D eigenvalue weighted by Gasteiger charge is -2.33. The molecule has 0 atom stereocenters. The fraction of sp³-hybridized carbons (Fsp3) is 0.500. The normalized spacial score (nSPS) is 16.6. The van der Waals surface area contributed by atoms with Crippen molar-refractivity contribution in [2.75, 3.05) is 31.7 Å². The summed E-state index contributed by atoms with van der Waals surface area (Å²) in [6.45, 7) is 2.57. The third-order valence-corrected chi connectivity index (χ3v) is 3.39. The summed E-state index contributed by atoms with van der Waals surface area (Å²) in [5, 5.41) is 8.85. The zero-order valence-electron chi connectivity index (χ0n) is 10.5. The number of ether oxygens (including phenoxy) is 1. The highest BCUT2D eigenvalue weighted by Crippen LogP contribution is 2.25. The lowest BCUT2D eigenvalue weighted by Crippen LogP contribution is -2.35. The molecule has 1 fully saturated rings. The maximum absolute atomic E-state index is 13.4. The van der Waals surface area contributed by atoms with Gasteiger partial charge in [-0.3, -0.25) is 0 Å². The van der Waals surface area contributed by atoms with E-state index in [-0.39, 0.29) is 5.82 Å². The largest absolute Gasteiger partial charge is 0.384 e. The van der Waals surface area contributed by atoms with E-state index in [1.807, 2.05) is 6.07 Å². The van der Waals surface area contributed by atoms with Gasteiger partial charge in [0.25, 0.3) is 0 Å². The summed E-state index contributed by atoms with van der Waals surface area (Å²) in [4.78, 5) is 2.13. The van der Waals surface area contributed by atoms with Crippen LogP contribution in [-0.2, 0) is 4.74 Å². The number of hydrogen-bond acceptors (Lipinski definition) is 3. The molecule has 0 N–H and O–H groups in total. The van der Waals surface area contributed by atoms with Crippen molar-refractivity contribution in [1.29, 1.82) is 5.26 Å². The molecule has 1 saturated heterocycles. The number of benzene rings is 1. The van der Waals surface area contributed by atoms with Crippen molar-refractivity contribution in [2.24, 2.45) is 5.92 Å². The van der Waals surface area contributed by atoms with Gasteiger partial charge in [-0.05, 0) is 37.0 Å². The summed E-state index contributed by atoms with van der Waals surface area (Å²) in [6.07, 6.45) is 2.10. The molecular weight excluding hydrogens is 231 g/mol. The second-order valence-corrected chi connectivity index (χ2v) is 4.70. The molecule has 4 heteroatoms. The molecule has 0 amide bonds. The van der Waals surface area contributed by atoms with Crippen LogP contribution in [-0.4, -0.2) is 26.8 Å². The molecule has 0 aromatic heterocycles. The third kappa shape index (κ3) is 2.99. The summed E-state index contributed by atoms with van der Waals surface area (Å²) in [7, 11) is 1.72. The van der Waals surface area contributed by atoms with Crippen LogP contribution in [0.4, 0.5) is 10.1 Å². The van der Waals surface area contributed by atoms with Crippen LogP contribution in [0.15, 0.2) is 18.2 Å². The van der Waals surface area contributed by atoms with Crippen molar-refractivity contribution in [3.63, 3.8) is 0 Å². The van der Waals surface area contributed by atoms with Crippen LogP contribution in [0.5, 0.6) is 0 Å². The minimum absolute atomic E-state index is 0.344. The summed E-state index contributed by atoms with van der Waals surface area (Å²) in [6, 6.07) is 6.50. The molecule has 0 aliphatic carbocycles. The Morgan fingerprint density at radius 2 is 2.11 bits per heavy atom. The molecule has 1 aromatic rings. The maximum Gasteiger partial charge on any atom is 0.126 e. The van der Waals surface area contributed by atoms with E-state index in [0.29, 0.717) is 11.5 Å². The summed E-state index contributed by atoms with van der Waals surface area (Å²) in [5.41, 5.74) is 1.19. The highest BCUT2D eigenvalue weighted by Gasteiger charge is 2.19. The van der Waals surface area contributed by atoms with Crippen LogP contribution in [0.1, 0.15) is 18.4 Å². The Morgan fingerprint density at radius 1 is 1.39 bits per heavy atom. The summed E-state index contributed by atoms with van der Waals surface area (Å²) in [5.74, 6) is 0.248. The Morgan fingerprint density at radius 3 is 2.72 bits per heavy atom. The maximum atomic E-state index is 13.4. The first-order valence-corrected chi connectivity index (χ1v) is 6.17. The van der Waals surface area contributed by atoms with Gasteiger partial charge in [0.15, 0.2) is 0 Å². The average molecular weight is 248 g/mol. The van der Waals surface area contributed by atoms with Gasteiger partial charge in [-0.1, -0.05) is 0 Å². The lowest BCUT2D eigenvalue weighted by molar-refractivity contribution is 0.139. The van der Waals surface area contributed by atoms with E-state index >= 15 is 0 Å². The van der Waals surface area contributed by atoms with E-state index in [0.717, 1.165) is 38.2 Å². The van der Waals surface area contributed by atoms with Crippen molar-refractivity contribution in [1.82, 2.24) is 0 Å². The average Bonchev–Trinajstić information content (AvgIpc) is 2.39. The number of piperidine rings is 1. The minimum atomic E-state index is -0.344. The standard InChI is InChI=1S/C14H17FN2O/c1-18-10-11-2-4-17(5-3-11)14-7-12(9-16)6-13(15)8-14/h6-8,11H,2-5,10H2,1H3. The van der Waals surface area contributed by atoms with E-state index < -0.39 is 0 Å². The van der Waals surface area contributed by atoms with Gasteiger partial charge >= 0.3 is 0 Å². The first-order valence-electron chi connectivity index (χ1n) is 6.17. The lowest BCUT2D eigenvalue weighted by atomic mass is 9.97. The van der Waals surface area contributed by atoms with Crippen molar-refractivity contribution in [3.05, 3.63) is 29.6 Å². The molecule has 18 heavy (non-hydrogen) atoms. The van der Waals surface area contributed by atoms with Gasteiger partial charge in [-0.2, -0.15) is 5.26 Å². The Bertz CT molecular complexity index is 448. The Labute approximate surface area is 107 Å².